The average molecular weight is 285 g/mol. The minimum absolute atomic E-state index is 0.307. The Kier molecular flexibility index (Phi) is 3.43. The zero-order valence-electron chi connectivity index (χ0n) is 11.9. The molecule has 3 aromatic rings. The van der Waals surface area contributed by atoms with E-state index in [4.69, 9.17) is 9.47 Å². The summed E-state index contributed by atoms with van der Waals surface area (Å²) in [6.07, 6.45) is 1.49. The maximum Gasteiger partial charge on any atom is 0.342 e. The number of benzene rings is 1. The molecule has 0 unspecified atom stereocenters. The molecule has 2 heterocycles. The fourth-order valence-corrected chi connectivity index (χ4v) is 2.23. The number of rotatable bonds is 4. The third-order valence-electron chi connectivity index (χ3n) is 3.08. The second-order valence-electron chi connectivity index (χ2n) is 4.38. The average Bonchev–Trinajstić information content (AvgIpc) is 2.93. The van der Waals surface area contributed by atoms with Crippen molar-refractivity contribution in [3.63, 3.8) is 0 Å². The molecule has 3 rings (SSSR count). The van der Waals surface area contributed by atoms with E-state index in [2.05, 4.69) is 10.1 Å². The van der Waals surface area contributed by atoms with Gasteiger partial charge in [0.25, 0.3) is 0 Å². The van der Waals surface area contributed by atoms with Crippen LogP contribution in [0.4, 0.5) is 0 Å². The topological polar surface area (TPSA) is 65.7 Å². The first-order chi connectivity index (χ1) is 10.3. The van der Waals surface area contributed by atoms with Gasteiger partial charge in [-0.25, -0.2) is 14.3 Å². The Labute approximate surface area is 121 Å². The van der Waals surface area contributed by atoms with E-state index in [-0.39, 0.29) is 0 Å². The highest BCUT2D eigenvalue weighted by molar-refractivity contribution is 5.99. The monoisotopic (exact) mass is 285 g/mol. The highest BCUT2D eigenvalue weighted by atomic mass is 16.5. The fourth-order valence-electron chi connectivity index (χ4n) is 2.23. The molecular weight excluding hydrogens is 270 g/mol. The quantitative estimate of drug-likeness (QED) is 0.689. The van der Waals surface area contributed by atoms with Gasteiger partial charge in [-0.15, -0.1) is 0 Å². The van der Waals surface area contributed by atoms with Gasteiger partial charge < -0.3 is 9.47 Å². The van der Waals surface area contributed by atoms with Crippen LogP contribution < -0.4 is 4.74 Å². The third kappa shape index (κ3) is 2.18. The van der Waals surface area contributed by atoms with Crippen molar-refractivity contribution in [3.05, 3.63) is 36.0 Å². The molecular formula is C15H15N3O3. The number of hydrogen-bond acceptors (Lipinski definition) is 5. The Morgan fingerprint density at radius 2 is 2.05 bits per heavy atom. The molecule has 2 aromatic heterocycles. The first kappa shape index (κ1) is 13.4. The SMILES string of the molecule is CCOC(=O)c1cnn2c1c(OCC)nc1ccccc12. The van der Waals surface area contributed by atoms with Crippen molar-refractivity contribution in [2.24, 2.45) is 0 Å². The maximum atomic E-state index is 12.1. The number of aromatic nitrogens is 3. The largest absolute Gasteiger partial charge is 0.476 e. The van der Waals surface area contributed by atoms with Gasteiger partial charge in [-0.1, -0.05) is 12.1 Å². The molecule has 0 atom stereocenters. The highest BCUT2D eigenvalue weighted by Gasteiger charge is 2.20. The molecule has 0 N–H and O–H groups in total. The van der Waals surface area contributed by atoms with Gasteiger partial charge in [0.05, 0.1) is 30.4 Å². The van der Waals surface area contributed by atoms with Crippen LogP contribution in [-0.4, -0.2) is 33.8 Å². The van der Waals surface area contributed by atoms with E-state index in [1.807, 2.05) is 31.2 Å². The Bertz CT molecular complexity index is 810. The minimum atomic E-state index is -0.425. The van der Waals surface area contributed by atoms with Crippen LogP contribution in [0.3, 0.4) is 0 Å². The number of esters is 1. The standard InChI is InChI=1S/C15H15N3O3/c1-3-20-14-13-10(15(19)21-4-2)9-16-18(13)12-8-6-5-7-11(12)17-14/h5-9H,3-4H2,1-2H3. The van der Waals surface area contributed by atoms with Crippen LogP contribution in [0, 0.1) is 0 Å². The van der Waals surface area contributed by atoms with Crippen molar-refractivity contribution in [2.75, 3.05) is 13.2 Å². The van der Waals surface area contributed by atoms with Crippen molar-refractivity contribution in [2.45, 2.75) is 13.8 Å². The number of carbonyl (C=O) groups is 1. The summed E-state index contributed by atoms with van der Waals surface area (Å²) in [7, 11) is 0. The zero-order valence-corrected chi connectivity index (χ0v) is 11.9. The second-order valence-corrected chi connectivity index (χ2v) is 4.38. The molecule has 108 valence electrons. The van der Waals surface area contributed by atoms with Crippen molar-refractivity contribution in [3.8, 4) is 5.88 Å². The maximum absolute atomic E-state index is 12.1. The summed E-state index contributed by atoms with van der Waals surface area (Å²) in [5.74, 6) is -0.0395. The fraction of sp³-hybridized carbons (Fsp3) is 0.267. The lowest BCUT2D eigenvalue weighted by atomic mass is 10.2. The van der Waals surface area contributed by atoms with E-state index in [0.29, 0.717) is 30.2 Å². The Morgan fingerprint density at radius 3 is 2.81 bits per heavy atom. The Morgan fingerprint density at radius 1 is 1.24 bits per heavy atom. The molecule has 0 amide bonds. The van der Waals surface area contributed by atoms with Gasteiger partial charge in [0.15, 0.2) is 0 Å². The van der Waals surface area contributed by atoms with E-state index in [1.165, 1.54) is 6.20 Å². The molecule has 0 radical (unpaired) electrons. The predicted octanol–water partition coefficient (Wildman–Crippen LogP) is 2.46. The molecule has 0 spiro atoms. The lowest BCUT2D eigenvalue weighted by Crippen LogP contribution is -2.06. The molecule has 0 aliphatic carbocycles. The van der Waals surface area contributed by atoms with Gasteiger partial charge in [-0.05, 0) is 26.0 Å². The van der Waals surface area contributed by atoms with E-state index < -0.39 is 5.97 Å². The van der Waals surface area contributed by atoms with Gasteiger partial charge in [0.1, 0.15) is 11.1 Å². The summed E-state index contributed by atoms with van der Waals surface area (Å²) in [4.78, 5) is 16.5. The second kappa shape index (κ2) is 5.40. The van der Waals surface area contributed by atoms with Crippen LogP contribution in [-0.2, 0) is 4.74 Å². The summed E-state index contributed by atoms with van der Waals surface area (Å²) < 4.78 is 12.3. The van der Waals surface area contributed by atoms with Crippen molar-refractivity contribution >= 4 is 22.5 Å². The van der Waals surface area contributed by atoms with Gasteiger partial charge in [-0.3, -0.25) is 0 Å². The van der Waals surface area contributed by atoms with Gasteiger partial charge in [-0.2, -0.15) is 5.10 Å². The van der Waals surface area contributed by atoms with Crippen LogP contribution in [0.1, 0.15) is 24.2 Å². The van der Waals surface area contributed by atoms with Gasteiger partial charge in [0, 0.05) is 0 Å². The first-order valence-electron chi connectivity index (χ1n) is 6.82. The molecule has 0 fully saturated rings. The summed E-state index contributed by atoms with van der Waals surface area (Å²) >= 11 is 0. The molecule has 0 aliphatic heterocycles. The lowest BCUT2D eigenvalue weighted by Gasteiger charge is -2.08. The van der Waals surface area contributed by atoms with Crippen molar-refractivity contribution in [1.82, 2.24) is 14.6 Å². The van der Waals surface area contributed by atoms with E-state index in [9.17, 15) is 4.79 Å². The minimum Gasteiger partial charge on any atom is -0.476 e. The molecule has 0 bridgehead atoms. The number of fused-ring (bicyclic) bond motifs is 3. The normalized spacial score (nSPS) is 11.0. The number of carbonyl (C=O) groups excluding carboxylic acids is 1. The van der Waals surface area contributed by atoms with Crippen LogP contribution in [0.15, 0.2) is 30.5 Å². The van der Waals surface area contributed by atoms with Gasteiger partial charge >= 0.3 is 5.97 Å². The van der Waals surface area contributed by atoms with E-state index in [0.717, 1.165) is 11.0 Å². The smallest absolute Gasteiger partial charge is 0.342 e. The molecule has 6 heteroatoms. The van der Waals surface area contributed by atoms with Crippen LogP contribution in [0.5, 0.6) is 5.88 Å². The highest BCUT2D eigenvalue weighted by Crippen LogP contribution is 2.26. The summed E-state index contributed by atoms with van der Waals surface area (Å²) in [6, 6.07) is 7.57. The molecule has 21 heavy (non-hydrogen) atoms. The molecule has 0 aliphatic rings. The number of hydrogen-bond donors (Lipinski definition) is 0. The third-order valence-corrected chi connectivity index (χ3v) is 3.08. The Hall–Kier alpha value is -2.63. The Balaban J connectivity index is 2.32. The zero-order chi connectivity index (χ0) is 14.8. The van der Waals surface area contributed by atoms with Crippen LogP contribution >= 0.6 is 0 Å². The van der Waals surface area contributed by atoms with E-state index in [1.54, 1.807) is 11.4 Å². The summed E-state index contributed by atoms with van der Waals surface area (Å²) in [6.45, 7) is 4.39. The van der Waals surface area contributed by atoms with Gasteiger partial charge in [0.2, 0.25) is 5.88 Å². The number of nitrogens with zero attached hydrogens (tertiary/aromatic N) is 3. The predicted molar refractivity (Wildman–Crippen MR) is 77.6 cm³/mol. The molecule has 6 nitrogen and oxygen atoms in total. The molecule has 1 aromatic carbocycles. The van der Waals surface area contributed by atoms with E-state index >= 15 is 0 Å². The lowest BCUT2D eigenvalue weighted by molar-refractivity contribution is 0.0528. The first-order valence-corrected chi connectivity index (χ1v) is 6.82. The van der Waals surface area contributed by atoms with Crippen LogP contribution in [0.2, 0.25) is 0 Å². The summed E-state index contributed by atoms with van der Waals surface area (Å²) in [5, 5.41) is 4.29. The van der Waals surface area contributed by atoms with Crippen LogP contribution in [0.25, 0.3) is 16.6 Å². The van der Waals surface area contributed by atoms with Crippen molar-refractivity contribution < 1.29 is 14.3 Å². The number of ether oxygens (including phenoxy) is 2. The molecule has 0 saturated carbocycles. The molecule has 0 saturated heterocycles. The summed E-state index contributed by atoms with van der Waals surface area (Å²) in [5.41, 5.74) is 2.46. The van der Waals surface area contributed by atoms with Crippen molar-refractivity contribution in [1.29, 1.82) is 0 Å². The number of para-hydroxylation sites is 2.